The fourth-order valence-corrected chi connectivity index (χ4v) is 4.58. The lowest BCUT2D eigenvalue weighted by atomic mass is 10.3. The summed E-state index contributed by atoms with van der Waals surface area (Å²) in [6.07, 6.45) is 1.48. The highest BCUT2D eigenvalue weighted by atomic mass is 32.2. The minimum Gasteiger partial charge on any atom is -0.468 e. The lowest BCUT2D eigenvalue weighted by Crippen LogP contribution is -2.25. The maximum Gasteiger partial charge on any atom is 0.295 e. The summed E-state index contributed by atoms with van der Waals surface area (Å²) in [7, 11) is -1.91. The van der Waals surface area contributed by atoms with Crippen LogP contribution in [0.2, 0.25) is 0 Å². The molecular formula is C23H23N5O4S2. The highest BCUT2D eigenvalue weighted by molar-refractivity contribution is 7.89. The fraction of sp³-hybridized carbons (Fsp3) is 0.130. The van der Waals surface area contributed by atoms with E-state index in [2.05, 4.69) is 15.4 Å². The second-order valence-electron chi connectivity index (χ2n) is 7.44. The number of hydrogen-bond donors (Lipinski definition) is 3. The van der Waals surface area contributed by atoms with Crippen LogP contribution in [0.5, 0.6) is 0 Å². The molecule has 2 heterocycles. The summed E-state index contributed by atoms with van der Waals surface area (Å²) in [5, 5.41) is 6.15. The molecule has 0 aliphatic rings. The number of nitrogens with zero attached hydrogens (tertiary/aromatic N) is 2. The van der Waals surface area contributed by atoms with Crippen LogP contribution in [0, 0.1) is 6.92 Å². The third-order valence-corrected chi connectivity index (χ3v) is 6.85. The van der Waals surface area contributed by atoms with Gasteiger partial charge in [-0.15, -0.1) is 0 Å². The molecule has 176 valence electrons. The molecule has 0 saturated heterocycles. The number of thiocarbonyl (C=S) groups is 1. The monoisotopic (exact) mass is 497 g/mol. The third-order valence-electron chi connectivity index (χ3n) is 5.23. The number of sulfonamides is 1. The number of rotatable bonds is 7. The Hall–Kier alpha value is -3.67. The number of benzene rings is 2. The molecule has 0 aliphatic carbocycles. The lowest BCUT2D eigenvalue weighted by Gasteiger charge is -2.11. The Balaban J connectivity index is 1.44. The largest absolute Gasteiger partial charge is 0.468 e. The van der Waals surface area contributed by atoms with E-state index in [1.807, 2.05) is 37.3 Å². The van der Waals surface area contributed by atoms with Gasteiger partial charge in [0.15, 0.2) is 5.11 Å². The molecule has 0 bridgehead atoms. The Bertz CT molecular complexity index is 1460. The molecule has 3 N–H and O–H groups in total. The van der Waals surface area contributed by atoms with Gasteiger partial charge in [-0.25, -0.2) is 17.8 Å². The van der Waals surface area contributed by atoms with Crippen LogP contribution in [0.1, 0.15) is 11.5 Å². The van der Waals surface area contributed by atoms with Crippen LogP contribution in [0.4, 0.5) is 11.4 Å². The average molecular weight is 498 g/mol. The second kappa shape index (κ2) is 9.67. The highest BCUT2D eigenvalue weighted by Gasteiger charge is 2.18. The molecule has 0 radical (unpaired) electrons. The predicted octanol–water partition coefficient (Wildman–Crippen LogP) is 3.36. The SMILES string of the molecule is Cc1c(NC(=S)Nc2ccc(S(=O)(=O)NCc3ccco3)cc2)c(=O)n(-c2ccccc2)n1C. The molecule has 0 unspecified atom stereocenters. The van der Waals surface area contributed by atoms with Crippen molar-refractivity contribution >= 4 is 38.7 Å². The number of furan rings is 1. The van der Waals surface area contributed by atoms with E-state index in [1.165, 1.54) is 18.4 Å². The van der Waals surface area contributed by atoms with E-state index >= 15 is 0 Å². The molecule has 2 aromatic carbocycles. The first-order chi connectivity index (χ1) is 16.3. The molecule has 34 heavy (non-hydrogen) atoms. The smallest absolute Gasteiger partial charge is 0.295 e. The molecule has 0 fully saturated rings. The van der Waals surface area contributed by atoms with Gasteiger partial charge in [0, 0.05) is 12.7 Å². The Morgan fingerprint density at radius 1 is 1.00 bits per heavy atom. The summed E-state index contributed by atoms with van der Waals surface area (Å²) in [4.78, 5) is 13.1. The zero-order valence-electron chi connectivity index (χ0n) is 18.5. The average Bonchev–Trinajstić information content (AvgIpc) is 3.42. The van der Waals surface area contributed by atoms with E-state index in [9.17, 15) is 13.2 Å². The first-order valence-corrected chi connectivity index (χ1v) is 12.2. The van der Waals surface area contributed by atoms with Gasteiger partial charge in [-0.2, -0.15) is 0 Å². The summed E-state index contributed by atoms with van der Waals surface area (Å²) in [6.45, 7) is 1.88. The molecule has 0 saturated carbocycles. The predicted molar refractivity (Wildman–Crippen MR) is 135 cm³/mol. The molecule has 4 aromatic rings. The van der Waals surface area contributed by atoms with E-state index in [0.717, 1.165) is 5.69 Å². The van der Waals surface area contributed by atoms with Gasteiger partial charge in [-0.05, 0) is 67.7 Å². The van der Waals surface area contributed by atoms with Crippen molar-refractivity contribution in [3.05, 3.63) is 94.8 Å². The van der Waals surface area contributed by atoms with Gasteiger partial charge in [-0.1, -0.05) is 18.2 Å². The molecule has 11 heteroatoms. The Morgan fingerprint density at radius 3 is 2.35 bits per heavy atom. The standard InChI is InChI=1S/C23H23N5O4S2/c1-16-21(22(29)28(27(16)2)18-7-4-3-5-8-18)26-23(33)25-17-10-12-20(13-11-17)34(30,31)24-15-19-9-6-14-32-19/h3-14,24H,15H2,1-2H3,(H2,25,26,33). The van der Waals surface area contributed by atoms with Crippen molar-refractivity contribution < 1.29 is 12.8 Å². The van der Waals surface area contributed by atoms with Gasteiger partial charge in [-0.3, -0.25) is 9.48 Å². The van der Waals surface area contributed by atoms with E-state index in [4.69, 9.17) is 16.6 Å². The summed E-state index contributed by atoms with van der Waals surface area (Å²) < 4.78 is 35.9. The third kappa shape index (κ3) is 4.96. The normalized spacial score (nSPS) is 11.4. The van der Waals surface area contributed by atoms with Crippen LogP contribution in [0.15, 0.2) is 87.1 Å². The maximum atomic E-state index is 13.0. The Kier molecular flexibility index (Phi) is 6.68. The minimum atomic E-state index is -3.70. The van der Waals surface area contributed by atoms with Crippen molar-refractivity contribution in [2.45, 2.75) is 18.4 Å². The van der Waals surface area contributed by atoms with Crippen molar-refractivity contribution in [1.82, 2.24) is 14.1 Å². The summed E-state index contributed by atoms with van der Waals surface area (Å²) in [5.74, 6) is 0.515. The first-order valence-electron chi connectivity index (χ1n) is 10.3. The zero-order valence-corrected chi connectivity index (χ0v) is 20.1. The quantitative estimate of drug-likeness (QED) is 0.336. The summed E-state index contributed by atoms with van der Waals surface area (Å²) in [6, 6.07) is 18.8. The van der Waals surface area contributed by atoms with Crippen molar-refractivity contribution in [3.63, 3.8) is 0 Å². The van der Waals surface area contributed by atoms with Gasteiger partial charge < -0.3 is 15.1 Å². The van der Waals surface area contributed by atoms with E-state index < -0.39 is 10.0 Å². The molecular weight excluding hydrogens is 474 g/mol. The molecule has 9 nitrogen and oxygen atoms in total. The van der Waals surface area contributed by atoms with E-state index in [1.54, 1.807) is 40.7 Å². The number of hydrogen-bond acceptors (Lipinski definition) is 5. The fourth-order valence-electron chi connectivity index (χ4n) is 3.37. The zero-order chi connectivity index (χ0) is 24.3. The van der Waals surface area contributed by atoms with Gasteiger partial charge in [0.1, 0.15) is 11.4 Å². The van der Waals surface area contributed by atoms with Crippen molar-refractivity contribution in [2.24, 2.45) is 7.05 Å². The maximum absolute atomic E-state index is 13.0. The van der Waals surface area contributed by atoms with Crippen LogP contribution < -0.4 is 20.9 Å². The summed E-state index contributed by atoms with van der Waals surface area (Å²) >= 11 is 5.38. The topological polar surface area (TPSA) is 110 Å². The van der Waals surface area contributed by atoms with Crippen LogP contribution in [0.3, 0.4) is 0 Å². The molecule has 4 rings (SSSR count). The van der Waals surface area contributed by atoms with Crippen molar-refractivity contribution in [2.75, 3.05) is 10.6 Å². The van der Waals surface area contributed by atoms with Crippen molar-refractivity contribution in [1.29, 1.82) is 0 Å². The molecule has 0 atom stereocenters. The number of anilines is 2. The molecule has 0 aliphatic heterocycles. The minimum absolute atomic E-state index is 0.0558. The van der Waals surface area contributed by atoms with E-state index in [0.29, 0.717) is 22.8 Å². The molecule has 0 spiro atoms. The number of nitrogens with one attached hydrogen (secondary N) is 3. The Labute approximate surface area is 202 Å². The van der Waals surface area contributed by atoms with Gasteiger partial charge in [0.2, 0.25) is 10.0 Å². The molecule has 2 aromatic heterocycles. The van der Waals surface area contributed by atoms with Gasteiger partial charge in [0.05, 0.1) is 29.1 Å². The van der Waals surface area contributed by atoms with Crippen LogP contribution >= 0.6 is 12.2 Å². The lowest BCUT2D eigenvalue weighted by molar-refractivity contribution is 0.498. The highest BCUT2D eigenvalue weighted by Crippen LogP contribution is 2.17. The number of para-hydroxylation sites is 1. The van der Waals surface area contributed by atoms with Crippen molar-refractivity contribution in [3.8, 4) is 5.69 Å². The second-order valence-corrected chi connectivity index (χ2v) is 9.62. The first kappa shape index (κ1) is 23.5. The molecule has 0 amide bonds. The van der Waals surface area contributed by atoms with Crippen LogP contribution in [-0.4, -0.2) is 22.9 Å². The van der Waals surface area contributed by atoms with Gasteiger partial charge >= 0.3 is 0 Å². The van der Waals surface area contributed by atoms with Gasteiger partial charge in [0.25, 0.3) is 5.56 Å². The Morgan fingerprint density at radius 2 is 1.71 bits per heavy atom. The summed E-state index contributed by atoms with van der Waals surface area (Å²) in [5.41, 5.74) is 2.13. The number of aromatic nitrogens is 2. The van der Waals surface area contributed by atoms with Crippen LogP contribution in [-0.2, 0) is 23.6 Å². The van der Waals surface area contributed by atoms with E-state index in [-0.39, 0.29) is 22.1 Å². The van der Waals surface area contributed by atoms with Crippen LogP contribution in [0.25, 0.3) is 5.69 Å².